The highest BCUT2D eigenvalue weighted by Gasteiger charge is 2.28. The van der Waals surface area contributed by atoms with E-state index in [1.807, 2.05) is 84.6 Å². The molecule has 0 spiro atoms. The van der Waals surface area contributed by atoms with Crippen LogP contribution in [0.15, 0.2) is 82.1 Å². The predicted molar refractivity (Wildman–Crippen MR) is 150 cm³/mol. The molecule has 1 unspecified atom stereocenters. The molecule has 0 radical (unpaired) electrons. The third-order valence-corrected chi connectivity index (χ3v) is 7.08. The molecule has 0 N–H and O–H groups in total. The number of hydrogen-bond donors (Lipinski definition) is 0. The van der Waals surface area contributed by atoms with Gasteiger partial charge in [0.1, 0.15) is 5.82 Å². The quantitative estimate of drug-likeness (QED) is 0.210. The van der Waals surface area contributed by atoms with Gasteiger partial charge in [-0.1, -0.05) is 79.0 Å². The molecular formula is C30H32BrN3O2. The van der Waals surface area contributed by atoms with Gasteiger partial charge < -0.3 is 4.90 Å². The number of amides is 1. The van der Waals surface area contributed by atoms with Crippen LogP contribution in [0.4, 0.5) is 0 Å². The highest BCUT2D eigenvalue weighted by Crippen LogP contribution is 2.27. The van der Waals surface area contributed by atoms with Crippen LogP contribution in [0.2, 0.25) is 0 Å². The molecule has 1 aromatic heterocycles. The minimum atomic E-state index is -0.421. The Kier molecular flexibility index (Phi) is 8.36. The Labute approximate surface area is 220 Å². The Hall–Kier alpha value is -3.25. The van der Waals surface area contributed by atoms with Crippen LogP contribution in [-0.2, 0) is 6.42 Å². The number of fused-ring (bicyclic) bond motifs is 1. The molecule has 3 aromatic carbocycles. The number of para-hydroxylation sites is 2. The van der Waals surface area contributed by atoms with Crippen LogP contribution >= 0.6 is 15.9 Å². The maximum atomic E-state index is 13.9. The average molecular weight is 547 g/mol. The summed E-state index contributed by atoms with van der Waals surface area (Å²) < 4.78 is 2.57. The Morgan fingerprint density at radius 1 is 1.00 bits per heavy atom. The largest absolute Gasteiger partial charge is 0.329 e. The van der Waals surface area contributed by atoms with Crippen molar-refractivity contribution in [3.8, 4) is 5.69 Å². The first kappa shape index (κ1) is 25.8. The summed E-state index contributed by atoms with van der Waals surface area (Å²) in [6, 6.07) is 22.4. The molecule has 0 aliphatic rings. The lowest BCUT2D eigenvalue weighted by atomic mass is 10.1. The molecule has 1 amide bonds. The summed E-state index contributed by atoms with van der Waals surface area (Å²) in [6.07, 6.45) is 3.73. The van der Waals surface area contributed by atoms with E-state index in [2.05, 4.69) is 29.8 Å². The fourth-order valence-corrected chi connectivity index (χ4v) is 5.02. The van der Waals surface area contributed by atoms with Crippen LogP contribution in [0.1, 0.15) is 67.8 Å². The number of benzene rings is 3. The van der Waals surface area contributed by atoms with Crippen molar-refractivity contribution in [3.05, 3.63) is 105 Å². The van der Waals surface area contributed by atoms with Gasteiger partial charge in [-0.3, -0.25) is 14.2 Å². The summed E-state index contributed by atoms with van der Waals surface area (Å²) in [5, 5.41) is 0.565. The summed E-state index contributed by atoms with van der Waals surface area (Å²) in [4.78, 5) is 34.6. The molecule has 0 aliphatic heterocycles. The van der Waals surface area contributed by atoms with E-state index in [-0.39, 0.29) is 11.5 Å². The van der Waals surface area contributed by atoms with Gasteiger partial charge >= 0.3 is 0 Å². The molecule has 186 valence electrons. The highest BCUT2D eigenvalue weighted by molar-refractivity contribution is 9.10. The van der Waals surface area contributed by atoms with Gasteiger partial charge in [0.15, 0.2) is 0 Å². The zero-order valence-electron chi connectivity index (χ0n) is 21.1. The van der Waals surface area contributed by atoms with Crippen molar-refractivity contribution in [1.29, 1.82) is 0 Å². The predicted octanol–water partition coefficient (Wildman–Crippen LogP) is 7.10. The standard InChI is InChI=1S/C30H32BrN3O2/c1-4-6-11-19-33(29(35)23-14-12-15-24(31)20-23)21(3)28-32-26-17-9-8-16-25(26)30(36)34(28)27-18-10-7-13-22(27)5-2/h7-10,12-18,20-21H,4-6,11,19H2,1-3H3. The minimum absolute atomic E-state index is 0.0716. The Bertz CT molecular complexity index is 1430. The molecule has 4 aromatic rings. The fourth-order valence-electron chi connectivity index (χ4n) is 4.62. The summed E-state index contributed by atoms with van der Waals surface area (Å²) in [5.74, 6) is 0.497. The third kappa shape index (κ3) is 5.29. The van der Waals surface area contributed by atoms with Crippen molar-refractivity contribution in [2.24, 2.45) is 0 Å². The van der Waals surface area contributed by atoms with Crippen LogP contribution in [0, 0.1) is 0 Å². The lowest BCUT2D eigenvalue weighted by Crippen LogP contribution is -2.38. The van der Waals surface area contributed by atoms with E-state index in [9.17, 15) is 9.59 Å². The summed E-state index contributed by atoms with van der Waals surface area (Å²) in [5.41, 5.74) is 3.00. The Balaban J connectivity index is 1.92. The van der Waals surface area contributed by atoms with Gasteiger partial charge in [0.2, 0.25) is 0 Å². The van der Waals surface area contributed by atoms with Gasteiger partial charge in [-0.2, -0.15) is 0 Å². The zero-order valence-corrected chi connectivity index (χ0v) is 22.7. The molecule has 4 rings (SSSR count). The summed E-state index contributed by atoms with van der Waals surface area (Å²) in [7, 11) is 0. The average Bonchev–Trinajstić information content (AvgIpc) is 2.90. The third-order valence-electron chi connectivity index (χ3n) is 6.59. The Morgan fingerprint density at radius 3 is 2.50 bits per heavy atom. The second-order valence-corrected chi connectivity index (χ2v) is 9.92. The Morgan fingerprint density at radius 2 is 1.75 bits per heavy atom. The zero-order chi connectivity index (χ0) is 25.7. The monoisotopic (exact) mass is 545 g/mol. The first-order valence-corrected chi connectivity index (χ1v) is 13.4. The first-order valence-electron chi connectivity index (χ1n) is 12.6. The van der Waals surface area contributed by atoms with Gasteiger partial charge in [-0.05, 0) is 61.7 Å². The highest BCUT2D eigenvalue weighted by atomic mass is 79.9. The number of aryl methyl sites for hydroxylation is 1. The second kappa shape index (κ2) is 11.7. The normalized spacial score (nSPS) is 12.0. The molecule has 0 saturated heterocycles. The van der Waals surface area contributed by atoms with Gasteiger partial charge in [0, 0.05) is 16.6 Å². The topological polar surface area (TPSA) is 55.2 Å². The van der Waals surface area contributed by atoms with E-state index in [0.717, 1.165) is 41.4 Å². The van der Waals surface area contributed by atoms with Crippen molar-refractivity contribution in [3.63, 3.8) is 0 Å². The lowest BCUT2D eigenvalue weighted by molar-refractivity contribution is 0.0677. The van der Waals surface area contributed by atoms with Crippen molar-refractivity contribution >= 4 is 32.7 Å². The van der Waals surface area contributed by atoms with Crippen molar-refractivity contribution in [1.82, 2.24) is 14.5 Å². The maximum Gasteiger partial charge on any atom is 0.266 e. The molecule has 5 nitrogen and oxygen atoms in total. The van der Waals surface area contributed by atoms with E-state index in [1.54, 1.807) is 4.57 Å². The van der Waals surface area contributed by atoms with E-state index in [0.29, 0.717) is 28.8 Å². The molecule has 0 saturated carbocycles. The van der Waals surface area contributed by atoms with Crippen LogP contribution in [0.3, 0.4) is 0 Å². The van der Waals surface area contributed by atoms with E-state index >= 15 is 0 Å². The smallest absolute Gasteiger partial charge is 0.266 e. The van der Waals surface area contributed by atoms with Crippen LogP contribution in [-0.4, -0.2) is 26.9 Å². The number of nitrogens with zero attached hydrogens (tertiary/aromatic N) is 3. The van der Waals surface area contributed by atoms with Gasteiger partial charge in [-0.25, -0.2) is 4.98 Å². The minimum Gasteiger partial charge on any atom is -0.329 e. The lowest BCUT2D eigenvalue weighted by Gasteiger charge is -2.31. The molecular weight excluding hydrogens is 514 g/mol. The fraction of sp³-hybridized carbons (Fsp3) is 0.300. The van der Waals surface area contributed by atoms with Crippen LogP contribution in [0.25, 0.3) is 16.6 Å². The SMILES string of the molecule is CCCCCN(C(=O)c1cccc(Br)c1)C(C)c1nc2ccccc2c(=O)n1-c1ccccc1CC. The summed E-state index contributed by atoms with van der Waals surface area (Å²) >= 11 is 3.49. The molecule has 1 atom stereocenters. The number of carbonyl (C=O) groups excluding carboxylic acids is 1. The second-order valence-electron chi connectivity index (χ2n) is 9.00. The number of carbonyl (C=O) groups is 1. The van der Waals surface area contributed by atoms with Crippen molar-refractivity contribution in [2.75, 3.05) is 6.54 Å². The van der Waals surface area contributed by atoms with E-state index < -0.39 is 6.04 Å². The molecule has 0 fully saturated rings. The number of halogens is 1. The first-order chi connectivity index (χ1) is 17.5. The van der Waals surface area contributed by atoms with Crippen LogP contribution in [0.5, 0.6) is 0 Å². The van der Waals surface area contributed by atoms with Gasteiger partial charge in [-0.15, -0.1) is 0 Å². The molecule has 0 aliphatic carbocycles. The van der Waals surface area contributed by atoms with E-state index in [4.69, 9.17) is 4.98 Å². The number of aromatic nitrogens is 2. The summed E-state index contributed by atoms with van der Waals surface area (Å²) in [6.45, 7) is 6.78. The van der Waals surface area contributed by atoms with Crippen molar-refractivity contribution < 1.29 is 4.79 Å². The molecule has 0 bridgehead atoms. The molecule has 36 heavy (non-hydrogen) atoms. The number of unbranched alkanes of at least 4 members (excludes halogenated alkanes) is 2. The molecule has 6 heteroatoms. The molecule has 1 heterocycles. The maximum absolute atomic E-state index is 13.9. The number of hydrogen-bond acceptors (Lipinski definition) is 3. The van der Waals surface area contributed by atoms with Gasteiger partial charge in [0.25, 0.3) is 11.5 Å². The van der Waals surface area contributed by atoms with Crippen molar-refractivity contribution in [2.45, 2.75) is 52.5 Å². The van der Waals surface area contributed by atoms with Crippen LogP contribution < -0.4 is 5.56 Å². The number of rotatable bonds is 9. The van der Waals surface area contributed by atoms with E-state index in [1.165, 1.54) is 0 Å². The van der Waals surface area contributed by atoms with Gasteiger partial charge in [0.05, 0.1) is 22.6 Å².